The largest absolute Gasteiger partial charge is 0.481 e. The molecule has 1 aliphatic heterocycles. The fourth-order valence-electron chi connectivity index (χ4n) is 7.60. The number of carboxylic acid groups (broad SMARTS) is 2. The molecule has 1 amide bonds. The molecule has 55 heavy (non-hydrogen) atoms. The average molecular weight is 756 g/mol. The van der Waals surface area contributed by atoms with Gasteiger partial charge in [0.05, 0.1) is 24.8 Å². The lowest BCUT2D eigenvalue weighted by atomic mass is 9.59. The molecule has 4 atom stereocenters. The topological polar surface area (TPSA) is 224 Å². The van der Waals surface area contributed by atoms with E-state index in [9.17, 15) is 34.5 Å². The van der Waals surface area contributed by atoms with Crippen molar-refractivity contribution in [2.45, 2.75) is 55.5 Å². The number of imidazole rings is 1. The highest BCUT2D eigenvalue weighted by Gasteiger charge is 2.79. The van der Waals surface area contributed by atoms with Crippen molar-refractivity contribution in [2.24, 2.45) is 5.92 Å². The van der Waals surface area contributed by atoms with Crippen molar-refractivity contribution in [1.82, 2.24) is 19.5 Å². The smallest absolute Gasteiger partial charge is 0.333 e. The highest BCUT2D eigenvalue weighted by Crippen LogP contribution is 2.63. The SMILES string of the molecule is COC1(OC)[C@H](OC(CC(=O)O)C(=O)O)[C@@H](CO)O[C@]1(n1cnc2c(=O)[nH]c(NC(=O)C(C)C)nc21)C(c1ccccc1)(c1ccccc1)c1ccccc1. The normalized spacial score (nSPS) is 20.0. The minimum absolute atomic E-state index is 0.133. The van der Waals surface area contributed by atoms with Gasteiger partial charge in [0.25, 0.3) is 5.56 Å². The Balaban J connectivity index is 1.85. The summed E-state index contributed by atoms with van der Waals surface area (Å²) in [6.07, 6.45) is -4.85. The maximum Gasteiger partial charge on any atom is 0.333 e. The molecule has 0 saturated carbocycles. The van der Waals surface area contributed by atoms with Gasteiger partial charge in [-0.3, -0.25) is 29.3 Å². The van der Waals surface area contributed by atoms with Crippen LogP contribution < -0.4 is 10.9 Å². The number of rotatable bonds is 15. The summed E-state index contributed by atoms with van der Waals surface area (Å²) in [7, 11) is 2.54. The summed E-state index contributed by atoms with van der Waals surface area (Å²) in [5.41, 5.74) is -3.33. The van der Waals surface area contributed by atoms with Crippen LogP contribution in [0.25, 0.3) is 11.2 Å². The zero-order valence-electron chi connectivity index (χ0n) is 30.4. The van der Waals surface area contributed by atoms with E-state index in [-0.39, 0.29) is 17.1 Å². The Bertz CT molecular complexity index is 2110. The second-order valence-electron chi connectivity index (χ2n) is 13.2. The molecular formula is C39H41N5O11. The lowest BCUT2D eigenvalue weighted by molar-refractivity contribution is -0.343. The van der Waals surface area contributed by atoms with Crippen LogP contribution in [-0.4, -0.2) is 97.6 Å². The lowest BCUT2D eigenvalue weighted by Gasteiger charge is -2.55. The molecule has 0 bridgehead atoms. The van der Waals surface area contributed by atoms with E-state index in [1.807, 2.05) is 54.6 Å². The Morgan fingerprint density at radius 2 is 1.45 bits per heavy atom. The van der Waals surface area contributed by atoms with Gasteiger partial charge in [-0.1, -0.05) is 105 Å². The summed E-state index contributed by atoms with van der Waals surface area (Å²) in [4.78, 5) is 62.8. The predicted molar refractivity (Wildman–Crippen MR) is 196 cm³/mol. The maximum atomic E-state index is 13.7. The minimum atomic E-state index is -2.35. The summed E-state index contributed by atoms with van der Waals surface area (Å²) >= 11 is 0. The summed E-state index contributed by atoms with van der Waals surface area (Å²) in [6, 6.07) is 27.3. The lowest BCUT2D eigenvalue weighted by Crippen LogP contribution is -2.70. The highest BCUT2D eigenvalue weighted by atomic mass is 16.8. The molecule has 1 unspecified atom stereocenters. The molecule has 16 nitrogen and oxygen atoms in total. The number of carbonyl (C=O) groups excluding carboxylic acids is 1. The molecule has 0 radical (unpaired) electrons. The number of carbonyl (C=O) groups is 3. The van der Waals surface area contributed by atoms with Crippen LogP contribution in [-0.2, 0) is 44.5 Å². The fraction of sp³-hybridized carbons (Fsp3) is 0.333. The molecule has 5 N–H and O–H groups in total. The standard InChI is InChI=1S/C39H41N5O11/c1-23(2)33(48)42-36-41-32-30(34(49)43-36)40-22-44(32)39(38(52-3,53-4)31(28(21-45)55-39)54-27(35(50)51)20-29(46)47)37(24-14-8-5-9-15-24,25-16-10-6-11-17-25)26-18-12-7-13-19-26/h5-19,22-23,27-28,31,45H,20-21H2,1-4H3,(H,46,47)(H,50,51)(H2,41,42,43,48,49)/t27?,28-,31-,39-/m1/s1. The number of hydrogen-bond donors (Lipinski definition) is 5. The van der Waals surface area contributed by atoms with Gasteiger partial charge in [0.2, 0.25) is 23.4 Å². The Kier molecular flexibility index (Phi) is 11.0. The first-order valence-electron chi connectivity index (χ1n) is 17.4. The van der Waals surface area contributed by atoms with Gasteiger partial charge in [-0.15, -0.1) is 0 Å². The first-order valence-corrected chi connectivity index (χ1v) is 17.4. The molecule has 3 aromatic carbocycles. The second-order valence-corrected chi connectivity index (χ2v) is 13.2. The van der Waals surface area contributed by atoms with Crippen molar-refractivity contribution in [2.75, 3.05) is 26.1 Å². The monoisotopic (exact) mass is 755 g/mol. The zero-order chi connectivity index (χ0) is 39.5. The first-order chi connectivity index (χ1) is 26.4. The molecule has 2 aromatic heterocycles. The van der Waals surface area contributed by atoms with Crippen molar-refractivity contribution in [3.8, 4) is 0 Å². The number of H-pyrrole nitrogens is 1. The quantitative estimate of drug-likeness (QED) is 0.0766. The average Bonchev–Trinajstić information content (AvgIpc) is 3.74. The molecule has 0 aliphatic carbocycles. The number of ether oxygens (including phenoxy) is 4. The number of hydrogen-bond acceptors (Lipinski definition) is 11. The predicted octanol–water partition coefficient (Wildman–Crippen LogP) is 3.09. The molecule has 1 saturated heterocycles. The number of amides is 1. The van der Waals surface area contributed by atoms with Gasteiger partial charge in [0, 0.05) is 20.1 Å². The highest BCUT2D eigenvalue weighted by molar-refractivity contribution is 5.91. The molecule has 1 aliphatic rings. The van der Waals surface area contributed by atoms with Crippen LogP contribution in [0.5, 0.6) is 0 Å². The van der Waals surface area contributed by atoms with Crippen molar-refractivity contribution in [3.63, 3.8) is 0 Å². The van der Waals surface area contributed by atoms with Crippen molar-refractivity contribution < 1.29 is 48.7 Å². The van der Waals surface area contributed by atoms with E-state index < -0.39 is 77.6 Å². The second kappa shape index (κ2) is 15.5. The van der Waals surface area contributed by atoms with Crippen LogP contribution in [0.3, 0.4) is 0 Å². The van der Waals surface area contributed by atoms with Gasteiger partial charge in [-0.25, -0.2) is 9.78 Å². The number of benzene rings is 3. The number of aliphatic carboxylic acids is 2. The summed E-state index contributed by atoms with van der Waals surface area (Å²) < 4.78 is 27.7. The molecule has 16 heteroatoms. The van der Waals surface area contributed by atoms with Crippen molar-refractivity contribution >= 4 is 35.0 Å². The van der Waals surface area contributed by atoms with Crippen LogP contribution in [0.4, 0.5) is 5.95 Å². The first kappa shape index (κ1) is 38.9. The number of aliphatic hydroxyl groups excluding tert-OH is 1. The Morgan fingerprint density at radius 1 is 0.927 bits per heavy atom. The molecular weight excluding hydrogens is 714 g/mol. The van der Waals surface area contributed by atoms with Crippen LogP contribution in [0.1, 0.15) is 37.0 Å². The molecule has 5 aromatic rings. The number of nitrogens with zero attached hydrogens (tertiary/aromatic N) is 3. The van der Waals surface area contributed by atoms with E-state index in [0.717, 1.165) is 0 Å². The van der Waals surface area contributed by atoms with E-state index in [2.05, 4.69) is 20.3 Å². The van der Waals surface area contributed by atoms with E-state index in [1.165, 1.54) is 25.1 Å². The van der Waals surface area contributed by atoms with E-state index in [1.54, 1.807) is 50.2 Å². The van der Waals surface area contributed by atoms with Gasteiger partial charge >= 0.3 is 11.9 Å². The van der Waals surface area contributed by atoms with E-state index in [4.69, 9.17) is 18.9 Å². The summed E-state index contributed by atoms with van der Waals surface area (Å²) in [6.45, 7) is 2.52. The fourth-order valence-corrected chi connectivity index (χ4v) is 7.60. The Labute approximate surface area is 314 Å². The van der Waals surface area contributed by atoms with Gasteiger partial charge in [-0.2, -0.15) is 4.98 Å². The summed E-state index contributed by atoms with van der Waals surface area (Å²) in [5, 5.41) is 33.7. The third kappa shape index (κ3) is 6.27. The molecule has 6 rings (SSSR count). The number of aromatic amines is 1. The Hall–Kier alpha value is -5.78. The maximum absolute atomic E-state index is 13.7. The van der Waals surface area contributed by atoms with Gasteiger partial charge in [0.1, 0.15) is 12.2 Å². The van der Waals surface area contributed by atoms with Crippen LogP contribution in [0.2, 0.25) is 0 Å². The van der Waals surface area contributed by atoms with Gasteiger partial charge < -0.3 is 34.3 Å². The number of fused-ring (bicyclic) bond motifs is 1. The van der Waals surface area contributed by atoms with E-state index in [0.29, 0.717) is 16.7 Å². The zero-order valence-corrected chi connectivity index (χ0v) is 30.4. The molecule has 1 fully saturated rings. The van der Waals surface area contributed by atoms with Gasteiger partial charge in [0.15, 0.2) is 17.3 Å². The summed E-state index contributed by atoms with van der Waals surface area (Å²) in [5.74, 6) is -6.57. The number of nitrogens with one attached hydrogen (secondary N) is 2. The molecule has 3 heterocycles. The van der Waals surface area contributed by atoms with E-state index >= 15 is 0 Å². The van der Waals surface area contributed by atoms with Gasteiger partial charge in [-0.05, 0) is 16.7 Å². The number of aliphatic hydroxyl groups is 1. The number of carboxylic acids is 2. The van der Waals surface area contributed by atoms with Crippen LogP contribution in [0, 0.1) is 5.92 Å². The van der Waals surface area contributed by atoms with Crippen LogP contribution in [0.15, 0.2) is 102 Å². The van der Waals surface area contributed by atoms with Crippen molar-refractivity contribution in [1.29, 1.82) is 0 Å². The third-order valence-corrected chi connectivity index (χ3v) is 9.88. The van der Waals surface area contributed by atoms with Crippen LogP contribution >= 0.6 is 0 Å². The van der Waals surface area contributed by atoms with Crippen molar-refractivity contribution in [3.05, 3.63) is 124 Å². The number of methoxy groups -OCH3 is 2. The third-order valence-electron chi connectivity index (χ3n) is 9.88. The Morgan fingerprint density at radius 3 is 1.89 bits per heavy atom. The minimum Gasteiger partial charge on any atom is -0.481 e. The molecule has 0 spiro atoms. The number of anilines is 1. The molecule has 288 valence electrons. The number of aromatic nitrogens is 4.